The molecule has 2 aliphatic rings. The summed E-state index contributed by atoms with van der Waals surface area (Å²) < 4.78 is 0. The van der Waals surface area contributed by atoms with Crippen molar-refractivity contribution in [2.45, 2.75) is 31.7 Å². The molecule has 4 atom stereocenters. The van der Waals surface area contributed by atoms with Crippen LogP contribution < -0.4 is 5.73 Å². The van der Waals surface area contributed by atoms with Gasteiger partial charge >= 0.3 is 0 Å². The van der Waals surface area contributed by atoms with Gasteiger partial charge in [-0.05, 0) is 44.1 Å². The molecule has 3 heteroatoms. The van der Waals surface area contributed by atoms with Crippen LogP contribution in [0.5, 0.6) is 0 Å². The van der Waals surface area contributed by atoms with Crippen LogP contribution in [0.25, 0.3) is 0 Å². The molecule has 2 rings (SSSR count). The molecule has 2 aliphatic carbocycles. The third-order valence-corrected chi connectivity index (χ3v) is 4.51. The summed E-state index contributed by atoms with van der Waals surface area (Å²) in [6.07, 6.45) is 5.78. The molecule has 88 valence electrons. The molecule has 0 saturated heterocycles. The summed E-state index contributed by atoms with van der Waals surface area (Å²) in [5, 5.41) is 9.18. The van der Waals surface area contributed by atoms with Gasteiger partial charge in [-0.25, -0.2) is 0 Å². The number of aliphatic hydroxyl groups is 1. The fourth-order valence-corrected chi connectivity index (χ4v) is 3.51. The standard InChI is InChI=1S/C12H24N2O/c1-14(12(6-13)8-15)7-11-5-9-2-3-10(11)4-9/h9-12,15H,2-8,13H2,1H3. The number of hydrogen-bond donors (Lipinski definition) is 2. The summed E-state index contributed by atoms with van der Waals surface area (Å²) in [6, 6.07) is 0.157. The quantitative estimate of drug-likeness (QED) is 0.704. The molecule has 0 aromatic rings. The van der Waals surface area contributed by atoms with E-state index in [-0.39, 0.29) is 12.6 Å². The average molecular weight is 212 g/mol. The first-order valence-electron chi connectivity index (χ1n) is 6.25. The summed E-state index contributed by atoms with van der Waals surface area (Å²) >= 11 is 0. The molecule has 2 bridgehead atoms. The monoisotopic (exact) mass is 212 g/mol. The summed E-state index contributed by atoms with van der Waals surface area (Å²) in [5.41, 5.74) is 5.63. The Morgan fingerprint density at radius 3 is 2.67 bits per heavy atom. The van der Waals surface area contributed by atoms with Crippen LogP contribution in [0, 0.1) is 17.8 Å². The van der Waals surface area contributed by atoms with E-state index in [1.807, 2.05) is 0 Å². The minimum Gasteiger partial charge on any atom is -0.395 e. The van der Waals surface area contributed by atoms with Crippen LogP contribution in [0.15, 0.2) is 0 Å². The van der Waals surface area contributed by atoms with Crippen molar-refractivity contribution in [1.82, 2.24) is 4.90 Å². The highest BCUT2D eigenvalue weighted by Gasteiger charge is 2.39. The molecule has 15 heavy (non-hydrogen) atoms. The maximum absolute atomic E-state index is 9.18. The number of nitrogens with two attached hydrogens (primary N) is 1. The van der Waals surface area contributed by atoms with Gasteiger partial charge in [-0.2, -0.15) is 0 Å². The maximum atomic E-state index is 9.18. The number of fused-ring (bicyclic) bond motifs is 2. The van der Waals surface area contributed by atoms with E-state index in [1.54, 1.807) is 0 Å². The number of rotatable bonds is 5. The van der Waals surface area contributed by atoms with Gasteiger partial charge in [0.05, 0.1) is 6.61 Å². The van der Waals surface area contributed by atoms with E-state index in [0.717, 1.165) is 24.3 Å². The van der Waals surface area contributed by atoms with Gasteiger partial charge in [-0.3, -0.25) is 4.90 Å². The number of nitrogens with zero attached hydrogens (tertiary/aromatic N) is 1. The Morgan fingerprint density at radius 2 is 2.20 bits per heavy atom. The van der Waals surface area contributed by atoms with Crippen molar-refractivity contribution in [3.05, 3.63) is 0 Å². The molecule has 0 aromatic heterocycles. The highest BCUT2D eigenvalue weighted by molar-refractivity contribution is 4.91. The van der Waals surface area contributed by atoms with Gasteiger partial charge in [0.15, 0.2) is 0 Å². The smallest absolute Gasteiger partial charge is 0.0599 e. The van der Waals surface area contributed by atoms with Crippen molar-refractivity contribution >= 4 is 0 Å². The Kier molecular flexibility index (Phi) is 3.65. The fourth-order valence-electron chi connectivity index (χ4n) is 3.51. The molecule has 0 aromatic carbocycles. The van der Waals surface area contributed by atoms with Crippen LogP contribution in [-0.4, -0.2) is 42.8 Å². The van der Waals surface area contributed by atoms with E-state index in [9.17, 15) is 5.11 Å². The molecular weight excluding hydrogens is 188 g/mol. The van der Waals surface area contributed by atoms with Crippen molar-refractivity contribution in [2.75, 3.05) is 26.7 Å². The normalized spacial score (nSPS) is 36.4. The summed E-state index contributed by atoms with van der Waals surface area (Å²) in [6.45, 7) is 1.88. The molecule has 0 radical (unpaired) electrons. The lowest BCUT2D eigenvalue weighted by molar-refractivity contribution is 0.122. The number of likely N-dealkylation sites (N-methyl/N-ethyl adjacent to an activating group) is 1. The Balaban J connectivity index is 1.81. The van der Waals surface area contributed by atoms with Crippen molar-refractivity contribution in [3.8, 4) is 0 Å². The van der Waals surface area contributed by atoms with E-state index in [2.05, 4.69) is 11.9 Å². The van der Waals surface area contributed by atoms with Crippen LogP contribution in [0.1, 0.15) is 25.7 Å². The molecule has 0 spiro atoms. The SMILES string of the molecule is CN(CC1CC2CCC1C2)C(CN)CO. The predicted octanol–water partition coefficient (Wildman–Crippen LogP) is 0.674. The van der Waals surface area contributed by atoms with Crippen molar-refractivity contribution < 1.29 is 5.11 Å². The summed E-state index contributed by atoms with van der Waals surface area (Å²) in [4.78, 5) is 2.26. The Labute approximate surface area is 92.6 Å². The van der Waals surface area contributed by atoms with Gasteiger partial charge in [0, 0.05) is 19.1 Å². The van der Waals surface area contributed by atoms with E-state index < -0.39 is 0 Å². The Morgan fingerprint density at radius 1 is 1.40 bits per heavy atom. The zero-order valence-electron chi connectivity index (χ0n) is 9.73. The molecule has 2 fully saturated rings. The third kappa shape index (κ3) is 2.35. The van der Waals surface area contributed by atoms with E-state index in [4.69, 9.17) is 5.73 Å². The second-order valence-electron chi connectivity index (χ2n) is 5.45. The van der Waals surface area contributed by atoms with Gasteiger partial charge in [-0.15, -0.1) is 0 Å². The molecule has 3 nitrogen and oxygen atoms in total. The van der Waals surface area contributed by atoms with Crippen molar-refractivity contribution in [1.29, 1.82) is 0 Å². The Hall–Kier alpha value is -0.120. The molecular formula is C12H24N2O. The largest absolute Gasteiger partial charge is 0.395 e. The average Bonchev–Trinajstić information content (AvgIpc) is 2.81. The first-order valence-corrected chi connectivity index (χ1v) is 6.25. The molecule has 2 saturated carbocycles. The van der Waals surface area contributed by atoms with Crippen molar-refractivity contribution in [3.63, 3.8) is 0 Å². The van der Waals surface area contributed by atoms with E-state index in [0.29, 0.717) is 6.54 Å². The lowest BCUT2D eigenvalue weighted by Crippen LogP contribution is -2.43. The van der Waals surface area contributed by atoms with Gasteiger partial charge in [-0.1, -0.05) is 6.42 Å². The van der Waals surface area contributed by atoms with Crippen molar-refractivity contribution in [2.24, 2.45) is 23.5 Å². The zero-order chi connectivity index (χ0) is 10.8. The second-order valence-corrected chi connectivity index (χ2v) is 5.45. The van der Waals surface area contributed by atoms with Crippen LogP contribution in [0.4, 0.5) is 0 Å². The number of hydrogen-bond acceptors (Lipinski definition) is 3. The number of aliphatic hydroxyl groups excluding tert-OH is 1. The lowest BCUT2D eigenvalue weighted by atomic mass is 9.88. The highest BCUT2D eigenvalue weighted by atomic mass is 16.3. The predicted molar refractivity (Wildman–Crippen MR) is 61.5 cm³/mol. The molecule has 3 N–H and O–H groups in total. The van der Waals surface area contributed by atoms with Gasteiger partial charge in [0.25, 0.3) is 0 Å². The van der Waals surface area contributed by atoms with Gasteiger partial charge in [0.2, 0.25) is 0 Å². The Bertz CT molecular complexity index is 206. The lowest BCUT2D eigenvalue weighted by Gasteiger charge is -2.31. The summed E-state index contributed by atoms with van der Waals surface area (Å²) in [5.74, 6) is 2.85. The second kappa shape index (κ2) is 4.81. The van der Waals surface area contributed by atoms with Gasteiger partial charge < -0.3 is 10.8 Å². The van der Waals surface area contributed by atoms with Crippen LogP contribution in [0.2, 0.25) is 0 Å². The van der Waals surface area contributed by atoms with Crippen LogP contribution >= 0.6 is 0 Å². The minimum absolute atomic E-state index is 0.157. The molecule has 0 aliphatic heterocycles. The summed E-state index contributed by atoms with van der Waals surface area (Å²) in [7, 11) is 2.10. The fraction of sp³-hybridized carbons (Fsp3) is 1.00. The van der Waals surface area contributed by atoms with Crippen LogP contribution in [0.3, 0.4) is 0 Å². The van der Waals surface area contributed by atoms with E-state index in [1.165, 1.54) is 25.7 Å². The van der Waals surface area contributed by atoms with Crippen LogP contribution in [-0.2, 0) is 0 Å². The molecule has 0 amide bonds. The first kappa shape index (κ1) is 11.4. The topological polar surface area (TPSA) is 49.5 Å². The molecule has 4 unspecified atom stereocenters. The van der Waals surface area contributed by atoms with E-state index >= 15 is 0 Å². The third-order valence-electron chi connectivity index (χ3n) is 4.51. The molecule has 0 heterocycles. The first-order chi connectivity index (χ1) is 7.24. The zero-order valence-corrected chi connectivity index (χ0v) is 9.73. The minimum atomic E-state index is 0.157. The highest BCUT2D eigenvalue weighted by Crippen LogP contribution is 2.48. The maximum Gasteiger partial charge on any atom is 0.0599 e. The van der Waals surface area contributed by atoms with Gasteiger partial charge in [0.1, 0.15) is 0 Å².